The molecule has 2 amide bonds. The van der Waals surface area contributed by atoms with Crippen molar-refractivity contribution in [1.29, 1.82) is 0 Å². The minimum atomic E-state index is -4.48. The van der Waals surface area contributed by atoms with E-state index in [0.29, 0.717) is 36.5 Å². The highest BCUT2D eigenvalue weighted by Gasteiger charge is 2.43. The van der Waals surface area contributed by atoms with Gasteiger partial charge in [-0.25, -0.2) is 13.5 Å². The summed E-state index contributed by atoms with van der Waals surface area (Å²) in [5.41, 5.74) is 0.760. The molecule has 10 nitrogen and oxygen atoms in total. The van der Waals surface area contributed by atoms with E-state index >= 15 is 4.39 Å². The maximum Gasteiger partial charge on any atom is 0.405 e. The average Bonchev–Trinajstić information content (AvgIpc) is 3.12. The van der Waals surface area contributed by atoms with Gasteiger partial charge in [0.05, 0.1) is 18.3 Å². The van der Waals surface area contributed by atoms with Crippen LogP contribution in [0.25, 0.3) is 0 Å². The first-order valence-electron chi connectivity index (χ1n) is 16.0. The second-order valence-corrected chi connectivity index (χ2v) is 15.3. The van der Waals surface area contributed by atoms with E-state index in [-0.39, 0.29) is 55.0 Å². The first-order chi connectivity index (χ1) is 22.7. The van der Waals surface area contributed by atoms with Crippen molar-refractivity contribution in [3.63, 3.8) is 0 Å². The van der Waals surface area contributed by atoms with Crippen molar-refractivity contribution >= 4 is 40.1 Å². The highest BCUT2D eigenvalue weighted by molar-refractivity contribution is 8.22. The van der Waals surface area contributed by atoms with Gasteiger partial charge < -0.3 is 25.8 Å². The molecule has 266 valence electrons. The number of amides is 2. The number of benzene rings is 2. The van der Waals surface area contributed by atoms with Crippen LogP contribution in [0.4, 0.5) is 28.0 Å². The number of nitrogens with one attached hydrogen (secondary N) is 3. The van der Waals surface area contributed by atoms with Gasteiger partial charge in [0, 0.05) is 54.0 Å². The summed E-state index contributed by atoms with van der Waals surface area (Å²) in [6.45, 7) is 0.923. The van der Waals surface area contributed by atoms with Crippen LogP contribution in [0.15, 0.2) is 42.5 Å². The molecule has 0 spiro atoms. The predicted molar refractivity (Wildman–Crippen MR) is 175 cm³/mol. The molecular formula is C32H41ClF4N4O6S. The third-order valence-electron chi connectivity index (χ3n) is 9.45. The first-order valence-corrected chi connectivity index (χ1v) is 18.0. The van der Waals surface area contributed by atoms with Crippen LogP contribution in [0.5, 0.6) is 0 Å². The van der Waals surface area contributed by atoms with E-state index in [4.69, 9.17) is 16.3 Å². The van der Waals surface area contributed by atoms with Gasteiger partial charge in [-0.15, -0.1) is 10.8 Å². The Hall–Kier alpha value is -2.66. The Labute approximate surface area is 283 Å². The quantitative estimate of drug-likeness (QED) is 0.150. The number of piperazine rings is 1. The van der Waals surface area contributed by atoms with Crippen LogP contribution in [-0.4, -0.2) is 86.4 Å². The molecule has 0 radical (unpaired) electrons. The van der Waals surface area contributed by atoms with E-state index in [0.717, 1.165) is 6.42 Å². The summed E-state index contributed by atoms with van der Waals surface area (Å²) in [7, 11) is -2.98. The molecule has 0 saturated carbocycles. The lowest BCUT2D eigenvalue weighted by Gasteiger charge is -2.49. The SMILES string of the molecule is O=C(O)N[C@@H](C(=O)Nc1cccc(F)c1CCC1CNC2CCCS(O)(O)N1C2)[C@@H](c1ccc(Cl)cc1)C1CCOC(CC(F)(F)F)C1. The average molecular weight is 721 g/mol. The standard InChI is InChI=1S/C32H41ClF4N4O6S/c33-21-8-6-19(7-9-21)28(20-12-13-47-24(15-20)16-32(35,36)37)29(40-31(43)44)30(42)39-27-5-1-4-26(34)25(27)11-10-23-17-38-22-3-2-14-48(45,46)41(23)18-22/h1,4-9,20,22-24,28-29,38,40,45-46H,2-3,10-18H2,(H,39,42)(H,43,44)/t20?,22?,23?,24?,28-,29+/m0/s1. The van der Waals surface area contributed by atoms with Crippen molar-refractivity contribution in [2.75, 3.05) is 30.8 Å². The van der Waals surface area contributed by atoms with Crippen LogP contribution in [0.3, 0.4) is 0 Å². The fourth-order valence-corrected chi connectivity index (χ4v) is 9.22. The minimum Gasteiger partial charge on any atom is -0.465 e. The molecule has 48 heavy (non-hydrogen) atoms. The molecule has 3 fully saturated rings. The molecule has 2 aromatic carbocycles. The summed E-state index contributed by atoms with van der Waals surface area (Å²) in [6.07, 6.45) is -6.20. The van der Waals surface area contributed by atoms with Gasteiger partial charge in [-0.2, -0.15) is 13.2 Å². The van der Waals surface area contributed by atoms with E-state index in [1.165, 1.54) is 18.2 Å². The van der Waals surface area contributed by atoms with Gasteiger partial charge in [0.25, 0.3) is 0 Å². The smallest absolute Gasteiger partial charge is 0.405 e. The molecule has 2 bridgehead atoms. The Morgan fingerprint density at radius 3 is 2.60 bits per heavy atom. The first kappa shape index (κ1) is 36.6. The molecule has 3 saturated heterocycles. The van der Waals surface area contributed by atoms with Gasteiger partial charge in [-0.1, -0.05) is 29.8 Å². The largest absolute Gasteiger partial charge is 0.465 e. The fourth-order valence-electron chi connectivity index (χ4n) is 7.23. The van der Waals surface area contributed by atoms with Gasteiger partial charge in [0.1, 0.15) is 11.9 Å². The number of nitrogens with zero attached hydrogens (tertiary/aromatic N) is 1. The van der Waals surface area contributed by atoms with Crippen molar-refractivity contribution in [2.45, 2.75) is 81.3 Å². The van der Waals surface area contributed by atoms with Crippen molar-refractivity contribution in [1.82, 2.24) is 14.9 Å². The highest BCUT2D eigenvalue weighted by Crippen LogP contribution is 2.49. The summed E-state index contributed by atoms with van der Waals surface area (Å²) in [5.74, 6) is -2.65. The van der Waals surface area contributed by atoms with Gasteiger partial charge in [-0.05, 0) is 74.3 Å². The van der Waals surface area contributed by atoms with Crippen LogP contribution in [0, 0.1) is 11.7 Å². The monoisotopic (exact) mass is 720 g/mol. The molecule has 5 rings (SSSR count). The van der Waals surface area contributed by atoms with E-state index in [2.05, 4.69) is 16.0 Å². The van der Waals surface area contributed by atoms with Crippen molar-refractivity contribution < 1.29 is 46.1 Å². The lowest BCUT2D eigenvalue weighted by atomic mass is 9.74. The van der Waals surface area contributed by atoms with Crippen molar-refractivity contribution in [3.8, 4) is 0 Å². The zero-order valence-corrected chi connectivity index (χ0v) is 27.7. The van der Waals surface area contributed by atoms with Crippen LogP contribution in [-0.2, 0) is 16.0 Å². The molecule has 3 aliphatic heterocycles. The summed E-state index contributed by atoms with van der Waals surface area (Å²) >= 11 is 6.10. The number of hydrogen-bond donors (Lipinski definition) is 6. The maximum absolute atomic E-state index is 15.4. The number of ether oxygens (including phenoxy) is 1. The second kappa shape index (κ2) is 15.5. The summed E-state index contributed by atoms with van der Waals surface area (Å²) in [6, 6.07) is 8.81. The number of carboxylic acid groups (broad SMARTS) is 1. The van der Waals surface area contributed by atoms with Crippen LogP contribution in [0.1, 0.15) is 55.6 Å². The Bertz CT molecular complexity index is 1440. The van der Waals surface area contributed by atoms with Gasteiger partial charge in [0.15, 0.2) is 0 Å². The molecule has 3 aliphatic rings. The molecular weight excluding hydrogens is 680 g/mol. The van der Waals surface area contributed by atoms with E-state index in [1.807, 2.05) is 0 Å². The molecule has 3 heterocycles. The van der Waals surface area contributed by atoms with Crippen molar-refractivity contribution in [3.05, 3.63) is 64.4 Å². The van der Waals surface area contributed by atoms with E-state index in [1.54, 1.807) is 28.6 Å². The normalized spacial score (nSPS) is 27.6. The van der Waals surface area contributed by atoms with Gasteiger partial charge in [0.2, 0.25) is 5.91 Å². The number of carbonyl (C=O) groups excluding carboxylic acids is 1. The van der Waals surface area contributed by atoms with Crippen LogP contribution < -0.4 is 16.0 Å². The van der Waals surface area contributed by atoms with E-state index in [9.17, 15) is 37.0 Å². The summed E-state index contributed by atoms with van der Waals surface area (Å²) in [5, 5.41) is 18.6. The number of carbonyl (C=O) groups is 2. The summed E-state index contributed by atoms with van der Waals surface area (Å²) < 4.78 is 84.0. The third-order valence-corrected chi connectivity index (χ3v) is 11.7. The fraction of sp³-hybridized carbons (Fsp3) is 0.562. The zero-order chi connectivity index (χ0) is 34.6. The molecule has 0 aromatic heterocycles. The Kier molecular flexibility index (Phi) is 11.8. The van der Waals surface area contributed by atoms with Gasteiger partial charge in [-0.3, -0.25) is 13.9 Å². The number of fused-ring (bicyclic) bond motifs is 2. The zero-order valence-electron chi connectivity index (χ0n) is 26.1. The van der Waals surface area contributed by atoms with E-state index < -0.39 is 65.2 Å². The predicted octanol–water partition coefficient (Wildman–Crippen LogP) is 6.62. The lowest BCUT2D eigenvalue weighted by molar-refractivity contribution is -0.169. The topological polar surface area (TPSA) is 143 Å². The molecule has 5 unspecified atom stereocenters. The Balaban J connectivity index is 1.40. The Morgan fingerprint density at radius 2 is 1.90 bits per heavy atom. The third kappa shape index (κ3) is 9.31. The minimum absolute atomic E-state index is 0.0105. The molecule has 7 atom stereocenters. The molecule has 2 aromatic rings. The van der Waals surface area contributed by atoms with Crippen molar-refractivity contribution in [2.24, 2.45) is 5.92 Å². The number of rotatable bonds is 10. The molecule has 16 heteroatoms. The van der Waals surface area contributed by atoms with Crippen LogP contribution in [0.2, 0.25) is 5.02 Å². The van der Waals surface area contributed by atoms with Crippen LogP contribution >= 0.6 is 22.4 Å². The number of anilines is 1. The molecule has 6 N–H and O–H groups in total. The second-order valence-electron chi connectivity index (χ2n) is 12.7. The summed E-state index contributed by atoms with van der Waals surface area (Å²) in [4.78, 5) is 26.1. The number of alkyl halides is 3. The number of hydrogen-bond acceptors (Lipinski definition) is 7. The Morgan fingerprint density at radius 1 is 1.15 bits per heavy atom. The molecule has 0 aliphatic carbocycles. The van der Waals surface area contributed by atoms with Gasteiger partial charge >= 0.3 is 12.3 Å². The lowest BCUT2D eigenvalue weighted by Crippen LogP contribution is -2.55. The number of halogens is 5. The highest BCUT2D eigenvalue weighted by atomic mass is 35.5. The maximum atomic E-state index is 15.4.